The number of carbonyl (C=O) groups is 1. The Morgan fingerprint density at radius 3 is 2.00 bits per heavy atom. The molecule has 0 saturated carbocycles. The molecule has 2 fully saturated rings. The predicted molar refractivity (Wildman–Crippen MR) is 119 cm³/mol. The lowest BCUT2D eigenvalue weighted by Gasteiger charge is -2.46. The second-order valence-electron chi connectivity index (χ2n) is 8.91. The zero-order valence-electron chi connectivity index (χ0n) is 20.1. The van der Waals surface area contributed by atoms with Gasteiger partial charge in [-0.3, -0.25) is 4.79 Å². The highest BCUT2D eigenvalue weighted by molar-refractivity contribution is 5.68. The molecule has 2 aliphatic heterocycles. The van der Waals surface area contributed by atoms with Gasteiger partial charge in [-0.1, -0.05) is 25.7 Å². The van der Waals surface area contributed by atoms with E-state index in [-0.39, 0.29) is 5.97 Å². The molecule has 35 heavy (non-hydrogen) atoms. The lowest BCUT2D eigenvalue weighted by molar-refractivity contribution is -0.343. The minimum Gasteiger partial charge on any atom is -0.469 e. The van der Waals surface area contributed by atoms with Gasteiger partial charge in [0.1, 0.15) is 42.7 Å². The molecule has 0 radical (unpaired) electrons. The lowest BCUT2D eigenvalue weighted by Crippen LogP contribution is -2.66. The summed E-state index contributed by atoms with van der Waals surface area (Å²) in [6, 6.07) is -1.03. The van der Waals surface area contributed by atoms with E-state index in [0.29, 0.717) is 19.4 Å². The molecule has 0 amide bonds. The molecule has 13 heteroatoms. The number of rotatable bonds is 14. The molecule has 2 aliphatic rings. The third kappa shape index (κ3) is 8.54. The Bertz CT molecular complexity index is 611. The van der Waals surface area contributed by atoms with Crippen LogP contribution >= 0.6 is 0 Å². The van der Waals surface area contributed by atoms with Gasteiger partial charge in [-0.15, -0.1) is 0 Å². The molecule has 0 aromatic heterocycles. The Hall–Kier alpha value is -0.970. The largest absolute Gasteiger partial charge is 0.469 e. The average Bonchev–Trinajstić information content (AvgIpc) is 2.86. The molecule has 10 atom stereocenters. The van der Waals surface area contributed by atoms with Crippen molar-refractivity contribution in [2.24, 2.45) is 5.73 Å². The van der Waals surface area contributed by atoms with E-state index in [4.69, 9.17) is 24.7 Å². The molecular formula is C22H41NO12. The van der Waals surface area contributed by atoms with E-state index in [1.807, 2.05) is 0 Å². The summed E-state index contributed by atoms with van der Waals surface area (Å²) in [6.07, 6.45) is -6.61. The summed E-state index contributed by atoms with van der Waals surface area (Å²) in [5.41, 5.74) is 6.20. The number of esters is 1. The van der Waals surface area contributed by atoms with Crippen LogP contribution in [0.2, 0.25) is 0 Å². The molecule has 0 aromatic carbocycles. The first kappa shape index (κ1) is 30.3. The minimum atomic E-state index is -1.67. The van der Waals surface area contributed by atoms with E-state index < -0.39 is 74.6 Å². The predicted octanol–water partition coefficient (Wildman–Crippen LogP) is -2.50. The van der Waals surface area contributed by atoms with Crippen molar-refractivity contribution in [2.45, 2.75) is 106 Å². The van der Waals surface area contributed by atoms with Crippen molar-refractivity contribution in [2.75, 3.05) is 26.9 Å². The lowest BCUT2D eigenvalue weighted by atomic mass is 9.96. The molecule has 0 aliphatic carbocycles. The highest BCUT2D eigenvalue weighted by Gasteiger charge is 2.50. The van der Waals surface area contributed by atoms with Crippen LogP contribution in [0.15, 0.2) is 0 Å². The van der Waals surface area contributed by atoms with Crippen LogP contribution in [0.25, 0.3) is 0 Å². The molecule has 0 bridgehead atoms. The monoisotopic (exact) mass is 511 g/mol. The summed E-state index contributed by atoms with van der Waals surface area (Å²) < 4.78 is 26.9. The molecule has 0 spiro atoms. The first-order valence-electron chi connectivity index (χ1n) is 12.1. The second-order valence-corrected chi connectivity index (χ2v) is 8.91. The van der Waals surface area contributed by atoms with Gasteiger partial charge in [-0.2, -0.15) is 0 Å². The third-order valence-corrected chi connectivity index (χ3v) is 6.32. The Labute approximate surface area is 204 Å². The van der Waals surface area contributed by atoms with Crippen LogP contribution in [0.5, 0.6) is 0 Å². The van der Waals surface area contributed by atoms with Crippen molar-refractivity contribution in [3.05, 3.63) is 0 Å². The van der Waals surface area contributed by atoms with Crippen LogP contribution in [0.3, 0.4) is 0 Å². The molecule has 206 valence electrons. The Morgan fingerprint density at radius 1 is 0.800 bits per heavy atom. The molecule has 13 nitrogen and oxygen atoms in total. The van der Waals surface area contributed by atoms with Crippen molar-refractivity contribution in [1.82, 2.24) is 0 Å². The van der Waals surface area contributed by atoms with Crippen LogP contribution in [0.4, 0.5) is 0 Å². The Kier molecular flexibility index (Phi) is 13.2. The highest BCUT2D eigenvalue weighted by atomic mass is 16.7. The third-order valence-electron chi connectivity index (χ3n) is 6.32. The van der Waals surface area contributed by atoms with Gasteiger partial charge in [0.05, 0.1) is 26.4 Å². The van der Waals surface area contributed by atoms with Crippen LogP contribution in [-0.2, 0) is 28.5 Å². The molecule has 2 rings (SSSR count). The fourth-order valence-electron chi connectivity index (χ4n) is 4.12. The van der Waals surface area contributed by atoms with Crippen LogP contribution in [0.1, 0.15) is 44.9 Å². The van der Waals surface area contributed by atoms with Gasteiger partial charge >= 0.3 is 5.97 Å². The summed E-state index contributed by atoms with van der Waals surface area (Å²) in [6.45, 7) is -0.876. The first-order chi connectivity index (χ1) is 16.7. The van der Waals surface area contributed by atoms with Gasteiger partial charge in [-0.05, 0) is 12.8 Å². The summed E-state index contributed by atoms with van der Waals surface area (Å²) in [5.74, 6) is -0.206. The maximum absolute atomic E-state index is 11.1. The minimum absolute atomic E-state index is 0.206. The molecule has 8 N–H and O–H groups in total. The van der Waals surface area contributed by atoms with E-state index in [1.165, 1.54) is 7.11 Å². The number of hydrogen-bond acceptors (Lipinski definition) is 13. The van der Waals surface area contributed by atoms with Crippen molar-refractivity contribution >= 4 is 5.97 Å². The van der Waals surface area contributed by atoms with Crippen LogP contribution in [0, 0.1) is 0 Å². The highest BCUT2D eigenvalue weighted by Crippen LogP contribution is 2.29. The second kappa shape index (κ2) is 15.3. The van der Waals surface area contributed by atoms with Gasteiger partial charge in [-0.25, -0.2) is 0 Å². The fraction of sp³-hybridized carbons (Fsp3) is 0.955. The number of carbonyl (C=O) groups excluding carboxylic acids is 1. The Morgan fingerprint density at radius 2 is 1.37 bits per heavy atom. The average molecular weight is 512 g/mol. The van der Waals surface area contributed by atoms with Gasteiger partial charge in [0.2, 0.25) is 0 Å². The van der Waals surface area contributed by atoms with Crippen molar-refractivity contribution in [3.63, 3.8) is 0 Å². The van der Waals surface area contributed by atoms with Crippen molar-refractivity contribution < 1.29 is 59.1 Å². The van der Waals surface area contributed by atoms with Gasteiger partial charge < -0.3 is 60.1 Å². The maximum Gasteiger partial charge on any atom is 0.305 e. The first-order valence-corrected chi connectivity index (χ1v) is 12.1. The zero-order chi connectivity index (χ0) is 26.0. The molecule has 0 aromatic rings. The van der Waals surface area contributed by atoms with E-state index in [1.54, 1.807) is 0 Å². The smallest absolute Gasteiger partial charge is 0.305 e. The number of ether oxygens (including phenoxy) is 5. The summed E-state index contributed by atoms with van der Waals surface area (Å²) >= 11 is 0. The van der Waals surface area contributed by atoms with E-state index in [2.05, 4.69) is 4.74 Å². The number of aliphatic hydroxyl groups excluding tert-OH is 6. The number of nitrogens with two attached hydrogens (primary N) is 1. The molecule has 6 unspecified atom stereocenters. The SMILES string of the molecule is COC(=O)CCCCCCCCO[C@@H]1OC(CO)[C@H](O)C(O[C@@H]2OC(CO)[C@H](O)C(O)C2O)C1N. The standard InChI is InChI=1S/C22H41NO12/c1-31-14(26)8-6-4-2-3-5-7-9-32-21-15(23)20(17(28)13(11-25)33-21)35-22-19(30)18(29)16(27)12(10-24)34-22/h12-13,15-22,24-25,27-30H,2-11,23H2,1H3/t12?,13?,15?,16-,17-,18?,19?,20?,21+,22-/m0/s1. The number of methoxy groups -OCH3 is 1. The molecular weight excluding hydrogens is 470 g/mol. The number of unbranched alkanes of at least 4 members (excludes halogenated alkanes) is 5. The summed E-state index contributed by atoms with van der Waals surface area (Å²) in [4.78, 5) is 11.1. The molecule has 2 saturated heterocycles. The fourth-order valence-corrected chi connectivity index (χ4v) is 4.12. The van der Waals surface area contributed by atoms with Crippen LogP contribution in [-0.4, -0.2) is 125 Å². The van der Waals surface area contributed by atoms with Gasteiger partial charge in [0, 0.05) is 13.0 Å². The van der Waals surface area contributed by atoms with Crippen molar-refractivity contribution in [3.8, 4) is 0 Å². The normalized spacial score (nSPS) is 37.8. The van der Waals surface area contributed by atoms with E-state index in [0.717, 1.165) is 32.1 Å². The maximum atomic E-state index is 11.1. The number of aliphatic hydroxyl groups is 6. The van der Waals surface area contributed by atoms with E-state index >= 15 is 0 Å². The number of hydrogen-bond donors (Lipinski definition) is 7. The summed E-state index contributed by atoms with van der Waals surface area (Å²) in [5, 5.41) is 59.7. The quantitative estimate of drug-likeness (QED) is 0.0950. The molecule has 2 heterocycles. The van der Waals surface area contributed by atoms with Gasteiger partial charge in [0.15, 0.2) is 12.6 Å². The van der Waals surface area contributed by atoms with E-state index in [9.17, 15) is 35.4 Å². The van der Waals surface area contributed by atoms with Gasteiger partial charge in [0.25, 0.3) is 0 Å². The summed E-state index contributed by atoms with van der Waals surface area (Å²) in [7, 11) is 1.37. The topological polar surface area (TPSA) is 211 Å². The zero-order valence-corrected chi connectivity index (χ0v) is 20.1. The van der Waals surface area contributed by atoms with Crippen molar-refractivity contribution in [1.29, 1.82) is 0 Å². The Balaban J connectivity index is 1.82. The van der Waals surface area contributed by atoms with Crippen LogP contribution < -0.4 is 5.73 Å².